The van der Waals surface area contributed by atoms with E-state index in [0.29, 0.717) is 5.92 Å². The fraction of sp³-hybridized carbons (Fsp3) is 0.643. The molecule has 1 aromatic rings. The molecule has 0 saturated heterocycles. The number of nitrogens with two attached hydrogens (primary N) is 1. The summed E-state index contributed by atoms with van der Waals surface area (Å²) in [5, 5.41) is 0. The highest BCUT2D eigenvalue weighted by atomic mass is 79.9. The Bertz CT molecular complexity index is 376. The standard InChI is InChI=1S/C14H21BrN2/c1-10-5-6-14(16,11(2)7-10)8-13-4-3-12(15)9-17-13/h3-4,9-11H,5-8,16H2,1-2H3. The third kappa shape index (κ3) is 3.08. The minimum absolute atomic E-state index is 0.0622. The highest BCUT2D eigenvalue weighted by molar-refractivity contribution is 9.10. The van der Waals surface area contributed by atoms with Crippen molar-refractivity contribution in [2.45, 2.75) is 45.1 Å². The minimum Gasteiger partial charge on any atom is -0.325 e. The van der Waals surface area contributed by atoms with Crippen molar-refractivity contribution < 1.29 is 0 Å². The molecule has 3 heteroatoms. The molecule has 3 unspecified atom stereocenters. The summed E-state index contributed by atoms with van der Waals surface area (Å²) in [5.41, 5.74) is 7.63. The van der Waals surface area contributed by atoms with Gasteiger partial charge in [-0.1, -0.05) is 13.8 Å². The second kappa shape index (κ2) is 5.07. The van der Waals surface area contributed by atoms with E-state index in [1.807, 2.05) is 12.3 Å². The summed E-state index contributed by atoms with van der Waals surface area (Å²) in [6, 6.07) is 4.12. The fourth-order valence-corrected chi connectivity index (χ4v) is 3.06. The lowest BCUT2D eigenvalue weighted by atomic mass is 9.68. The summed E-state index contributed by atoms with van der Waals surface area (Å²) in [6.45, 7) is 4.61. The van der Waals surface area contributed by atoms with E-state index in [0.717, 1.165) is 28.9 Å². The van der Waals surface area contributed by atoms with Gasteiger partial charge in [-0.05, 0) is 59.2 Å². The largest absolute Gasteiger partial charge is 0.325 e. The summed E-state index contributed by atoms with van der Waals surface area (Å²) in [7, 11) is 0. The number of nitrogens with zero attached hydrogens (tertiary/aromatic N) is 1. The third-order valence-electron chi connectivity index (χ3n) is 4.14. The maximum Gasteiger partial charge on any atom is 0.0422 e. The number of rotatable bonds is 2. The Morgan fingerprint density at radius 3 is 2.82 bits per heavy atom. The SMILES string of the molecule is CC1CCC(N)(Cc2ccc(Br)cn2)C(C)C1. The van der Waals surface area contributed by atoms with Crippen molar-refractivity contribution in [2.75, 3.05) is 0 Å². The zero-order valence-corrected chi connectivity index (χ0v) is 12.2. The summed E-state index contributed by atoms with van der Waals surface area (Å²) >= 11 is 3.41. The van der Waals surface area contributed by atoms with E-state index >= 15 is 0 Å². The van der Waals surface area contributed by atoms with Gasteiger partial charge in [-0.15, -0.1) is 0 Å². The van der Waals surface area contributed by atoms with Crippen LogP contribution in [0.1, 0.15) is 38.8 Å². The van der Waals surface area contributed by atoms with Gasteiger partial charge in [0.05, 0.1) is 0 Å². The van der Waals surface area contributed by atoms with Crippen molar-refractivity contribution in [3.8, 4) is 0 Å². The average molecular weight is 297 g/mol. The Kier molecular flexibility index (Phi) is 3.88. The first-order valence-corrected chi connectivity index (χ1v) is 7.18. The molecule has 1 aliphatic rings. The summed E-state index contributed by atoms with van der Waals surface area (Å²) in [5.74, 6) is 1.40. The van der Waals surface area contributed by atoms with Gasteiger partial charge < -0.3 is 5.73 Å². The molecule has 2 nitrogen and oxygen atoms in total. The number of halogens is 1. The van der Waals surface area contributed by atoms with Crippen molar-refractivity contribution in [1.29, 1.82) is 0 Å². The van der Waals surface area contributed by atoms with Crippen molar-refractivity contribution in [3.63, 3.8) is 0 Å². The number of aromatic nitrogens is 1. The van der Waals surface area contributed by atoms with Gasteiger partial charge in [-0.2, -0.15) is 0 Å². The molecule has 3 atom stereocenters. The minimum atomic E-state index is -0.0622. The third-order valence-corrected chi connectivity index (χ3v) is 4.61. The zero-order valence-electron chi connectivity index (χ0n) is 10.6. The van der Waals surface area contributed by atoms with E-state index in [9.17, 15) is 0 Å². The van der Waals surface area contributed by atoms with Crippen LogP contribution in [0.2, 0.25) is 0 Å². The second-order valence-corrected chi connectivity index (χ2v) is 6.57. The molecule has 94 valence electrons. The molecular weight excluding hydrogens is 276 g/mol. The lowest BCUT2D eigenvalue weighted by Gasteiger charge is -2.42. The van der Waals surface area contributed by atoms with E-state index in [2.05, 4.69) is 40.8 Å². The Balaban J connectivity index is 2.09. The number of hydrogen-bond acceptors (Lipinski definition) is 2. The van der Waals surface area contributed by atoms with E-state index in [1.165, 1.54) is 12.8 Å². The van der Waals surface area contributed by atoms with Crippen LogP contribution in [0.4, 0.5) is 0 Å². The molecule has 0 bridgehead atoms. The molecule has 1 saturated carbocycles. The lowest BCUT2D eigenvalue weighted by Crippen LogP contribution is -2.51. The fourth-order valence-electron chi connectivity index (χ4n) is 2.83. The van der Waals surface area contributed by atoms with Crippen molar-refractivity contribution in [2.24, 2.45) is 17.6 Å². The van der Waals surface area contributed by atoms with E-state index in [4.69, 9.17) is 5.73 Å². The van der Waals surface area contributed by atoms with E-state index in [-0.39, 0.29) is 5.54 Å². The van der Waals surface area contributed by atoms with Gasteiger partial charge in [-0.3, -0.25) is 4.98 Å². The van der Waals surface area contributed by atoms with Crippen molar-refractivity contribution >= 4 is 15.9 Å². The molecule has 1 aliphatic carbocycles. The predicted molar refractivity (Wildman–Crippen MR) is 74.7 cm³/mol. The molecule has 0 radical (unpaired) electrons. The Morgan fingerprint density at radius 2 is 2.24 bits per heavy atom. The molecule has 0 aliphatic heterocycles. The predicted octanol–water partition coefficient (Wildman–Crippen LogP) is 3.54. The molecular formula is C14H21BrN2. The Labute approximate surface area is 112 Å². The van der Waals surface area contributed by atoms with Gasteiger partial charge in [0.15, 0.2) is 0 Å². The van der Waals surface area contributed by atoms with Crippen LogP contribution in [0, 0.1) is 11.8 Å². The molecule has 2 N–H and O–H groups in total. The Hall–Kier alpha value is -0.410. The monoisotopic (exact) mass is 296 g/mol. The van der Waals surface area contributed by atoms with Crippen LogP contribution < -0.4 is 5.73 Å². The summed E-state index contributed by atoms with van der Waals surface area (Å²) in [6.07, 6.45) is 6.36. The quantitative estimate of drug-likeness (QED) is 0.907. The molecule has 0 spiro atoms. The van der Waals surface area contributed by atoms with Crippen LogP contribution in [0.15, 0.2) is 22.8 Å². The highest BCUT2D eigenvalue weighted by Crippen LogP contribution is 2.36. The lowest BCUT2D eigenvalue weighted by molar-refractivity contribution is 0.162. The zero-order chi connectivity index (χ0) is 12.5. The number of hydrogen-bond donors (Lipinski definition) is 1. The Morgan fingerprint density at radius 1 is 1.47 bits per heavy atom. The molecule has 17 heavy (non-hydrogen) atoms. The molecule has 0 aromatic carbocycles. The molecule has 2 rings (SSSR count). The van der Waals surface area contributed by atoms with Gasteiger partial charge >= 0.3 is 0 Å². The molecule has 1 aromatic heterocycles. The van der Waals surface area contributed by atoms with Gasteiger partial charge in [0.25, 0.3) is 0 Å². The van der Waals surface area contributed by atoms with Crippen LogP contribution in [0.25, 0.3) is 0 Å². The van der Waals surface area contributed by atoms with Crippen LogP contribution in [0.5, 0.6) is 0 Å². The van der Waals surface area contributed by atoms with Gasteiger partial charge in [0.1, 0.15) is 0 Å². The van der Waals surface area contributed by atoms with Crippen molar-refractivity contribution in [1.82, 2.24) is 4.98 Å². The normalized spacial score (nSPS) is 33.6. The van der Waals surface area contributed by atoms with Gasteiger partial charge in [-0.25, -0.2) is 0 Å². The smallest absolute Gasteiger partial charge is 0.0422 e. The maximum atomic E-state index is 6.58. The highest BCUT2D eigenvalue weighted by Gasteiger charge is 2.36. The van der Waals surface area contributed by atoms with Gasteiger partial charge in [0, 0.05) is 28.3 Å². The summed E-state index contributed by atoms with van der Waals surface area (Å²) in [4.78, 5) is 4.44. The first-order chi connectivity index (χ1) is 7.99. The van der Waals surface area contributed by atoms with Crippen LogP contribution in [-0.2, 0) is 6.42 Å². The van der Waals surface area contributed by atoms with Crippen LogP contribution >= 0.6 is 15.9 Å². The molecule has 0 amide bonds. The van der Waals surface area contributed by atoms with E-state index in [1.54, 1.807) is 0 Å². The van der Waals surface area contributed by atoms with Crippen LogP contribution in [0.3, 0.4) is 0 Å². The summed E-state index contributed by atoms with van der Waals surface area (Å²) < 4.78 is 1.03. The number of pyridine rings is 1. The first kappa shape index (κ1) is 13.0. The van der Waals surface area contributed by atoms with Gasteiger partial charge in [0.2, 0.25) is 0 Å². The maximum absolute atomic E-state index is 6.58. The topological polar surface area (TPSA) is 38.9 Å². The van der Waals surface area contributed by atoms with Crippen molar-refractivity contribution in [3.05, 3.63) is 28.5 Å². The average Bonchev–Trinajstić information content (AvgIpc) is 2.28. The second-order valence-electron chi connectivity index (χ2n) is 5.66. The van der Waals surface area contributed by atoms with E-state index < -0.39 is 0 Å². The first-order valence-electron chi connectivity index (χ1n) is 6.39. The molecule has 1 fully saturated rings. The molecule has 1 heterocycles. The van der Waals surface area contributed by atoms with Crippen LogP contribution in [-0.4, -0.2) is 10.5 Å².